The Morgan fingerprint density at radius 3 is 2.37 bits per heavy atom. The summed E-state index contributed by atoms with van der Waals surface area (Å²) < 4.78 is 4.62. The molecule has 0 aliphatic heterocycles. The van der Waals surface area contributed by atoms with Crippen LogP contribution in [0.5, 0.6) is 0 Å². The number of benzene rings is 3. The Hall–Kier alpha value is -3.41. The molecule has 0 aliphatic rings. The van der Waals surface area contributed by atoms with Gasteiger partial charge in [-0.15, -0.1) is 0 Å². The fraction of sp³-hybridized carbons (Fsp3) is 0.190. The van der Waals surface area contributed by atoms with Crippen molar-refractivity contribution in [3.05, 3.63) is 88.5 Å². The molecule has 6 heteroatoms. The maximum absolute atomic E-state index is 11.9. The third-order valence-electron chi connectivity index (χ3n) is 4.48. The Bertz CT molecular complexity index is 943. The number of esters is 1. The second-order valence-corrected chi connectivity index (χ2v) is 6.23. The van der Waals surface area contributed by atoms with Gasteiger partial charge in [-0.05, 0) is 34.5 Å². The van der Waals surface area contributed by atoms with E-state index in [1.807, 2.05) is 72.8 Å². The van der Waals surface area contributed by atoms with E-state index < -0.39 is 23.0 Å². The summed E-state index contributed by atoms with van der Waals surface area (Å²) in [5.41, 5.74) is 1.69. The molecular weight excluding hydrogens is 344 g/mol. The lowest BCUT2D eigenvalue weighted by molar-refractivity contribution is -0.511. The van der Waals surface area contributed by atoms with Crippen LogP contribution in [0.3, 0.4) is 0 Å². The lowest BCUT2D eigenvalue weighted by Gasteiger charge is -2.22. The van der Waals surface area contributed by atoms with Crippen LogP contribution in [-0.4, -0.2) is 24.0 Å². The SMILES string of the molecule is COC(=O)C(CC(Nc1ccccc1)c1ccc2ccccc2c1)[N+](=O)[O-]. The monoisotopic (exact) mass is 364 g/mol. The number of para-hydroxylation sites is 1. The Kier molecular flexibility index (Phi) is 5.66. The van der Waals surface area contributed by atoms with Gasteiger partial charge in [-0.3, -0.25) is 10.1 Å². The third-order valence-corrected chi connectivity index (χ3v) is 4.48. The molecular formula is C21H20N2O4. The molecule has 0 radical (unpaired) electrons. The van der Waals surface area contributed by atoms with Crippen LogP contribution in [0, 0.1) is 10.1 Å². The van der Waals surface area contributed by atoms with Crippen molar-refractivity contribution in [2.45, 2.75) is 18.5 Å². The summed E-state index contributed by atoms with van der Waals surface area (Å²) in [6.45, 7) is 0. The molecule has 0 saturated heterocycles. The van der Waals surface area contributed by atoms with Gasteiger partial charge in [-0.2, -0.15) is 0 Å². The third kappa shape index (κ3) is 4.41. The molecule has 0 amide bonds. The number of rotatable bonds is 7. The summed E-state index contributed by atoms with van der Waals surface area (Å²) >= 11 is 0. The molecule has 0 saturated carbocycles. The molecule has 0 aliphatic carbocycles. The van der Waals surface area contributed by atoms with E-state index in [1.165, 1.54) is 0 Å². The highest BCUT2D eigenvalue weighted by Crippen LogP contribution is 2.28. The minimum atomic E-state index is -1.44. The van der Waals surface area contributed by atoms with Crippen LogP contribution in [0.4, 0.5) is 5.69 Å². The quantitative estimate of drug-likeness (QED) is 0.386. The first-order chi connectivity index (χ1) is 13.1. The van der Waals surface area contributed by atoms with Crippen molar-refractivity contribution < 1.29 is 14.5 Å². The molecule has 0 bridgehead atoms. The first kappa shape index (κ1) is 18.4. The van der Waals surface area contributed by atoms with Crippen molar-refractivity contribution in [1.82, 2.24) is 0 Å². The Morgan fingerprint density at radius 2 is 1.70 bits per heavy atom. The summed E-state index contributed by atoms with van der Waals surface area (Å²) in [6, 6.07) is 21.3. The van der Waals surface area contributed by atoms with E-state index in [4.69, 9.17) is 0 Å². The Morgan fingerprint density at radius 1 is 1.04 bits per heavy atom. The molecule has 0 fully saturated rings. The van der Waals surface area contributed by atoms with Crippen molar-refractivity contribution in [3.8, 4) is 0 Å². The van der Waals surface area contributed by atoms with Crippen LogP contribution >= 0.6 is 0 Å². The summed E-state index contributed by atoms with van der Waals surface area (Å²) in [5, 5.41) is 16.8. The van der Waals surface area contributed by atoms with Gasteiger partial charge in [0.25, 0.3) is 0 Å². The van der Waals surface area contributed by atoms with Gasteiger partial charge < -0.3 is 10.1 Å². The number of anilines is 1. The minimum Gasteiger partial charge on any atom is -0.464 e. The van der Waals surface area contributed by atoms with Gasteiger partial charge in [-0.1, -0.05) is 54.6 Å². The highest BCUT2D eigenvalue weighted by atomic mass is 16.6. The van der Waals surface area contributed by atoms with Crippen molar-refractivity contribution >= 4 is 22.4 Å². The van der Waals surface area contributed by atoms with Crippen LogP contribution in [0.25, 0.3) is 10.8 Å². The van der Waals surface area contributed by atoms with Gasteiger partial charge in [0.1, 0.15) is 0 Å². The molecule has 3 aromatic carbocycles. The smallest absolute Gasteiger partial charge is 0.381 e. The first-order valence-electron chi connectivity index (χ1n) is 8.60. The van der Waals surface area contributed by atoms with E-state index in [-0.39, 0.29) is 6.42 Å². The zero-order chi connectivity index (χ0) is 19.2. The van der Waals surface area contributed by atoms with Crippen LogP contribution in [-0.2, 0) is 9.53 Å². The molecule has 0 spiro atoms. The predicted octanol–water partition coefficient (Wildman–Crippen LogP) is 4.20. The van der Waals surface area contributed by atoms with Crippen molar-refractivity contribution in [2.75, 3.05) is 12.4 Å². The van der Waals surface area contributed by atoms with Crippen LogP contribution in [0.1, 0.15) is 18.0 Å². The highest BCUT2D eigenvalue weighted by molar-refractivity contribution is 5.83. The average molecular weight is 364 g/mol. The van der Waals surface area contributed by atoms with Gasteiger partial charge in [-0.25, -0.2) is 4.79 Å². The molecule has 3 aromatic rings. The van der Waals surface area contributed by atoms with Crippen LogP contribution in [0.2, 0.25) is 0 Å². The summed E-state index contributed by atoms with van der Waals surface area (Å²) in [7, 11) is 1.16. The molecule has 2 atom stereocenters. The summed E-state index contributed by atoms with van der Waals surface area (Å²) in [6.07, 6.45) is -0.0209. The van der Waals surface area contributed by atoms with E-state index in [0.717, 1.165) is 29.1 Å². The second kappa shape index (κ2) is 8.31. The zero-order valence-corrected chi connectivity index (χ0v) is 14.9. The number of methoxy groups -OCH3 is 1. The van der Waals surface area contributed by atoms with Crippen LogP contribution < -0.4 is 5.32 Å². The number of nitrogens with one attached hydrogen (secondary N) is 1. The number of nitro groups is 1. The van der Waals surface area contributed by atoms with Gasteiger partial charge >= 0.3 is 12.0 Å². The largest absolute Gasteiger partial charge is 0.464 e. The molecule has 6 nitrogen and oxygen atoms in total. The summed E-state index contributed by atoms with van der Waals surface area (Å²) in [5.74, 6) is -0.847. The predicted molar refractivity (Wildman–Crippen MR) is 104 cm³/mol. The van der Waals surface area contributed by atoms with E-state index in [0.29, 0.717) is 0 Å². The molecule has 2 unspecified atom stereocenters. The topological polar surface area (TPSA) is 81.5 Å². The van der Waals surface area contributed by atoms with Gasteiger partial charge in [0.05, 0.1) is 19.6 Å². The maximum Gasteiger partial charge on any atom is 0.381 e. The first-order valence-corrected chi connectivity index (χ1v) is 8.60. The number of ether oxygens (including phenoxy) is 1. The van der Waals surface area contributed by atoms with Crippen LogP contribution in [0.15, 0.2) is 72.8 Å². The number of fused-ring (bicyclic) bond motifs is 1. The zero-order valence-electron chi connectivity index (χ0n) is 14.9. The second-order valence-electron chi connectivity index (χ2n) is 6.23. The van der Waals surface area contributed by atoms with Crippen molar-refractivity contribution in [3.63, 3.8) is 0 Å². The lowest BCUT2D eigenvalue weighted by Crippen LogP contribution is -2.34. The van der Waals surface area contributed by atoms with E-state index in [1.54, 1.807) is 0 Å². The van der Waals surface area contributed by atoms with Gasteiger partial charge in [0, 0.05) is 10.6 Å². The average Bonchev–Trinajstić information content (AvgIpc) is 2.70. The molecule has 0 aromatic heterocycles. The highest BCUT2D eigenvalue weighted by Gasteiger charge is 2.34. The molecule has 0 heterocycles. The number of hydrogen-bond donors (Lipinski definition) is 1. The number of carbonyl (C=O) groups is 1. The van der Waals surface area contributed by atoms with E-state index in [2.05, 4.69) is 10.1 Å². The fourth-order valence-electron chi connectivity index (χ4n) is 3.07. The Balaban J connectivity index is 1.97. The van der Waals surface area contributed by atoms with Gasteiger partial charge in [0.15, 0.2) is 0 Å². The van der Waals surface area contributed by atoms with Crippen molar-refractivity contribution in [2.24, 2.45) is 0 Å². The fourth-order valence-corrected chi connectivity index (χ4v) is 3.07. The Labute approximate surface area is 156 Å². The molecule has 138 valence electrons. The van der Waals surface area contributed by atoms with E-state index in [9.17, 15) is 14.9 Å². The number of nitrogens with zero attached hydrogens (tertiary/aromatic N) is 1. The minimum absolute atomic E-state index is 0.0209. The number of hydrogen-bond acceptors (Lipinski definition) is 5. The molecule has 27 heavy (non-hydrogen) atoms. The molecule has 1 N–H and O–H groups in total. The number of carbonyl (C=O) groups excluding carboxylic acids is 1. The van der Waals surface area contributed by atoms with E-state index >= 15 is 0 Å². The summed E-state index contributed by atoms with van der Waals surface area (Å²) in [4.78, 5) is 22.7. The normalized spacial score (nSPS) is 12.9. The maximum atomic E-state index is 11.9. The lowest BCUT2D eigenvalue weighted by atomic mass is 9.96. The standard InChI is InChI=1S/C21H20N2O4/c1-27-21(24)20(23(25)26)14-19(22-18-9-3-2-4-10-18)17-12-11-15-7-5-6-8-16(15)13-17/h2-13,19-20,22H,14H2,1H3. The van der Waals surface area contributed by atoms with Gasteiger partial charge in [0.2, 0.25) is 0 Å². The molecule has 3 rings (SSSR count). The van der Waals surface area contributed by atoms with Crippen molar-refractivity contribution in [1.29, 1.82) is 0 Å².